The van der Waals surface area contributed by atoms with Gasteiger partial charge in [0.25, 0.3) is 6.43 Å². The molecule has 0 spiro atoms. The van der Waals surface area contributed by atoms with Crippen molar-refractivity contribution < 1.29 is 13.2 Å². The fourth-order valence-corrected chi connectivity index (χ4v) is 4.06. The Morgan fingerprint density at radius 3 is 2.77 bits per heavy atom. The second kappa shape index (κ2) is 7.49. The van der Waals surface area contributed by atoms with Crippen molar-refractivity contribution in [2.45, 2.75) is 32.1 Å². The van der Waals surface area contributed by atoms with E-state index >= 15 is 0 Å². The number of anilines is 1. The molecule has 0 radical (unpaired) electrons. The molecule has 1 aliphatic rings. The Morgan fingerprint density at radius 1 is 1.19 bits per heavy atom. The molecular formula is C20H21F3N8. The monoisotopic (exact) mass is 430 g/mol. The highest BCUT2D eigenvalue weighted by Crippen LogP contribution is 2.27. The van der Waals surface area contributed by atoms with Crippen molar-refractivity contribution in [1.82, 2.24) is 34.0 Å². The average molecular weight is 430 g/mol. The van der Waals surface area contributed by atoms with Gasteiger partial charge in [-0.3, -0.25) is 0 Å². The summed E-state index contributed by atoms with van der Waals surface area (Å²) < 4.78 is 43.1. The molecule has 31 heavy (non-hydrogen) atoms. The zero-order valence-corrected chi connectivity index (χ0v) is 17.0. The van der Waals surface area contributed by atoms with Gasteiger partial charge in [0.15, 0.2) is 5.65 Å². The molecule has 0 aliphatic carbocycles. The van der Waals surface area contributed by atoms with Gasteiger partial charge >= 0.3 is 0 Å². The molecule has 1 N–H and O–H groups in total. The fourth-order valence-electron chi connectivity index (χ4n) is 4.06. The van der Waals surface area contributed by atoms with Gasteiger partial charge in [-0.1, -0.05) is 0 Å². The Morgan fingerprint density at radius 2 is 2.03 bits per heavy atom. The van der Waals surface area contributed by atoms with Gasteiger partial charge in [-0.05, 0) is 32.2 Å². The summed E-state index contributed by atoms with van der Waals surface area (Å²) in [6.07, 6.45) is -0.0788. The largest absolute Gasteiger partial charge is 0.346 e. The van der Waals surface area contributed by atoms with E-state index in [4.69, 9.17) is 0 Å². The number of rotatable bonds is 5. The van der Waals surface area contributed by atoms with Crippen LogP contribution in [0.15, 0.2) is 30.6 Å². The molecular weight excluding hydrogens is 409 g/mol. The summed E-state index contributed by atoms with van der Waals surface area (Å²) in [5, 5.41) is 7.49. The first-order chi connectivity index (χ1) is 14.9. The maximum absolute atomic E-state index is 14.1. The summed E-state index contributed by atoms with van der Waals surface area (Å²) in [4.78, 5) is 15.2. The van der Waals surface area contributed by atoms with Gasteiger partial charge in [0, 0.05) is 24.8 Å². The quantitative estimate of drug-likeness (QED) is 0.525. The zero-order chi connectivity index (χ0) is 21.7. The standard InChI is InChI=1S/C20H21F3N8/c1-11-25-15-4-3-14(26-19(15)30(11)10-18(22)23)12-5-6-31-17(12)7-24-20(28-31)27-16-9-29(2)8-13(16)21/h3-7,13,16,18H,8-10H2,1-2H3,(H,27,28)/t13-,16-/m0/s1. The summed E-state index contributed by atoms with van der Waals surface area (Å²) >= 11 is 0. The number of hydrogen-bond donors (Lipinski definition) is 1. The van der Waals surface area contributed by atoms with Gasteiger partial charge in [-0.2, -0.15) is 0 Å². The highest BCUT2D eigenvalue weighted by molar-refractivity contribution is 5.82. The summed E-state index contributed by atoms with van der Waals surface area (Å²) in [7, 11) is 1.87. The molecule has 11 heteroatoms. The predicted octanol–water partition coefficient (Wildman–Crippen LogP) is 2.78. The molecule has 1 aliphatic heterocycles. The van der Waals surface area contributed by atoms with Gasteiger partial charge in [-0.25, -0.2) is 32.6 Å². The van der Waals surface area contributed by atoms with Gasteiger partial charge in [0.1, 0.15) is 17.5 Å². The third-order valence-electron chi connectivity index (χ3n) is 5.54. The van der Waals surface area contributed by atoms with Crippen molar-refractivity contribution in [3.05, 3.63) is 36.4 Å². The van der Waals surface area contributed by atoms with Crippen LogP contribution in [-0.4, -0.2) is 72.8 Å². The van der Waals surface area contributed by atoms with Crippen LogP contribution in [0.4, 0.5) is 19.1 Å². The van der Waals surface area contributed by atoms with E-state index < -0.39 is 19.1 Å². The number of aromatic nitrogens is 6. The first-order valence-corrected chi connectivity index (χ1v) is 9.95. The maximum atomic E-state index is 14.1. The van der Waals surface area contributed by atoms with E-state index in [1.165, 1.54) is 4.57 Å². The minimum Gasteiger partial charge on any atom is -0.346 e. The predicted molar refractivity (Wildman–Crippen MR) is 110 cm³/mol. The van der Waals surface area contributed by atoms with Crippen LogP contribution in [0, 0.1) is 6.92 Å². The molecule has 162 valence electrons. The number of halogens is 3. The fraction of sp³-hybridized carbons (Fsp3) is 0.400. The molecule has 4 aromatic heterocycles. The summed E-state index contributed by atoms with van der Waals surface area (Å²) in [5.41, 5.74) is 3.05. The number of fused-ring (bicyclic) bond motifs is 2. The molecule has 5 heterocycles. The topological polar surface area (TPSA) is 76.2 Å². The van der Waals surface area contributed by atoms with Crippen LogP contribution in [0.25, 0.3) is 27.9 Å². The molecule has 5 rings (SSSR count). The molecule has 2 atom stereocenters. The molecule has 4 aromatic rings. The number of aryl methyl sites for hydroxylation is 1. The van der Waals surface area contributed by atoms with Crippen LogP contribution in [0.2, 0.25) is 0 Å². The van der Waals surface area contributed by atoms with Crippen molar-refractivity contribution in [3.63, 3.8) is 0 Å². The lowest BCUT2D eigenvalue weighted by atomic mass is 10.2. The first-order valence-electron chi connectivity index (χ1n) is 9.95. The van der Waals surface area contributed by atoms with Crippen molar-refractivity contribution in [3.8, 4) is 11.3 Å². The summed E-state index contributed by atoms with van der Waals surface area (Å²) in [6.45, 7) is 2.18. The number of hydrogen-bond acceptors (Lipinski definition) is 6. The Kier molecular flexibility index (Phi) is 4.77. The van der Waals surface area contributed by atoms with Crippen molar-refractivity contribution in [2.75, 3.05) is 25.5 Å². The second-order valence-electron chi connectivity index (χ2n) is 7.83. The van der Waals surface area contributed by atoms with E-state index in [1.54, 1.807) is 36.0 Å². The van der Waals surface area contributed by atoms with E-state index in [0.717, 1.165) is 5.56 Å². The lowest BCUT2D eigenvalue weighted by Crippen LogP contribution is -2.30. The Labute approximate surface area is 175 Å². The number of nitrogens with one attached hydrogen (secondary N) is 1. The summed E-state index contributed by atoms with van der Waals surface area (Å²) in [5.74, 6) is 0.830. The number of alkyl halides is 3. The normalized spacial score (nSPS) is 19.8. The van der Waals surface area contributed by atoms with E-state index in [2.05, 4.69) is 25.4 Å². The molecule has 0 aromatic carbocycles. The number of likely N-dealkylation sites (N-methyl/N-ethyl adjacent to an activating group) is 1. The molecule has 8 nitrogen and oxygen atoms in total. The second-order valence-corrected chi connectivity index (χ2v) is 7.83. The van der Waals surface area contributed by atoms with Gasteiger partial charge in [-0.15, -0.1) is 5.10 Å². The Hall–Kier alpha value is -3.21. The number of likely N-dealkylation sites (tertiary alicyclic amines) is 1. The van der Waals surface area contributed by atoms with Crippen molar-refractivity contribution in [2.24, 2.45) is 0 Å². The van der Waals surface area contributed by atoms with Gasteiger partial charge in [0.05, 0.1) is 30.0 Å². The third-order valence-corrected chi connectivity index (χ3v) is 5.54. The first kappa shape index (κ1) is 19.7. The molecule has 0 bridgehead atoms. The Bertz CT molecular complexity index is 1250. The van der Waals surface area contributed by atoms with Crippen LogP contribution in [0.3, 0.4) is 0 Å². The highest BCUT2D eigenvalue weighted by Gasteiger charge is 2.31. The van der Waals surface area contributed by atoms with Crippen molar-refractivity contribution >= 4 is 22.6 Å². The van der Waals surface area contributed by atoms with E-state index in [-0.39, 0.29) is 6.04 Å². The van der Waals surface area contributed by atoms with E-state index in [9.17, 15) is 13.2 Å². The molecule has 1 fully saturated rings. The van der Waals surface area contributed by atoms with Crippen LogP contribution in [-0.2, 0) is 6.54 Å². The molecule has 0 saturated carbocycles. The van der Waals surface area contributed by atoms with Crippen LogP contribution in [0.1, 0.15) is 5.82 Å². The van der Waals surface area contributed by atoms with Crippen LogP contribution >= 0.6 is 0 Å². The maximum Gasteiger partial charge on any atom is 0.256 e. The molecule has 0 amide bonds. The van der Waals surface area contributed by atoms with Crippen LogP contribution in [0.5, 0.6) is 0 Å². The minimum absolute atomic E-state index is 0.339. The highest BCUT2D eigenvalue weighted by atomic mass is 19.3. The number of nitrogens with zero attached hydrogens (tertiary/aromatic N) is 7. The molecule has 0 unspecified atom stereocenters. The molecule has 1 saturated heterocycles. The summed E-state index contributed by atoms with van der Waals surface area (Å²) in [6, 6.07) is 5.04. The number of imidazole rings is 1. The lowest BCUT2D eigenvalue weighted by Gasteiger charge is -2.14. The van der Waals surface area contributed by atoms with E-state index in [1.807, 2.05) is 18.0 Å². The Balaban J connectivity index is 1.48. The smallest absolute Gasteiger partial charge is 0.256 e. The van der Waals surface area contributed by atoms with Crippen LogP contribution < -0.4 is 5.32 Å². The third kappa shape index (κ3) is 3.58. The lowest BCUT2D eigenvalue weighted by molar-refractivity contribution is 0.127. The SMILES string of the molecule is Cc1nc2ccc(-c3ccn4nc(N[C@H]5CN(C)C[C@@H]5F)ncc34)nc2n1CC(F)F. The average Bonchev–Trinajstić information content (AvgIpc) is 3.37. The zero-order valence-electron chi connectivity index (χ0n) is 17.0. The van der Waals surface area contributed by atoms with Crippen molar-refractivity contribution in [1.29, 1.82) is 0 Å². The van der Waals surface area contributed by atoms with Gasteiger partial charge < -0.3 is 14.8 Å². The van der Waals surface area contributed by atoms with E-state index in [0.29, 0.717) is 47.2 Å². The minimum atomic E-state index is -2.50. The number of pyridine rings is 1. The van der Waals surface area contributed by atoms with Gasteiger partial charge in [0.2, 0.25) is 5.95 Å².